The maximum absolute atomic E-state index is 11.2. The summed E-state index contributed by atoms with van der Waals surface area (Å²) in [5, 5.41) is 2.74. The third kappa shape index (κ3) is 1.57. The van der Waals surface area contributed by atoms with Crippen LogP contribution in [0.25, 0.3) is 0 Å². The van der Waals surface area contributed by atoms with Crippen molar-refractivity contribution in [2.75, 3.05) is 13.1 Å². The van der Waals surface area contributed by atoms with E-state index in [1.807, 2.05) is 6.92 Å². The van der Waals surface area contributed by atoms with E-state index < -0.39 is 0 Å². The van der Waals surface area contributed by atoms with Crippen molar-refractivity contribution in [3.05, 3.63) is 17.3 Å². The van der Waals surface area contributed by atoms with Crippen molar-refractivity contribution in [3.8, 4) is 0 Å². The number of aryl methyl sites for hydroxylation is 2. The fourth-order valence-electron chi connectivity index (χ4n) is 1.56. The van der Waals surface area contributed by atoms with Gasteiger partial charge in [-0.25, -0.2) is 9.78 Å². The Bertz CT molecular complexity index is 359. The van der Waals surface area contributed by atoms with E-state index in [0.717, 1.165) is 18.0 Å². The molecule has 2 heterocycles. The molecule has 0 aliphatic carbocycles. The van der Waals surface area contributed by atoms with E-state index in [9.17, 15) is 4.79 Å². The van der Waals surface area contributed by atoms with E-state index in [1.165, 1.54) is 0 Å². The first-order valence-electron chi connectivity index (χ1n) is 4.62. The summed E-state index contributed by atoms with van der Waals surface area (Å²) in [5.41, 5.74) is 0.863. The molecular formula is C9H13N3O2. The average Bonchev–Trinajstić information content (AvgIpc) is 2.62. The first-order chi connectivity index (χ1) is 6.66. The van der Waals surface area contributed by atoms with Crippen LogP contribution < -0.4 is 5.32 Å². The molecule has 1 aliphatic rings. The van der Waals surface area contributed by atoms with Gasteiger partial charge in [-0.05, 0) is 6.92 Å². The van der Waals surface area contributed by atoms with Gasteiger partial charge in [-0.3, -0.25) is 0 Å². The predicted molar refractivity (Wildman–Crippen MR) is 49.8 cm³/mol. The number of nitrogens with one attached hydrogen (secondary N) is 1. The van der Waals surface area contributed by atoms with Crippen LogP contribution in [0.3, 0.4) is 0 Å². The van der Waals surface area contributed by atoms with Crippen molar-refractivity contribution in [1.29, 1.82) is 0 Å². The summed E-state index contributed by atoms with van der Waals surface area (Å²) in [5.74, 6) is 1.43. The Kier molecular flexibility index (Phi) is 2.15. The molecule has 14 heavy (non-hydrogen) atoms. The van der Waals surface area contributed by atoms with Crippen LogP contribution in [0.15, 0.2) is 4.42 Å². The Morgan fingerprint density at radius 2 is 2.36 bits per heavy atom. The number of aromatic nitrogens is 1. The zero-order valence-corrected chi connectivity index (χ0v) is 8.33. The molecule has 2 rings (SSSR count). The maximum Gasteiger partial charge on any atom is 0.317 e. The quantitative estimate of drug-likeness (QED) is 0.760. The van der Waals surface area contributed by atoms with E-state index >= 15 is 0 Å². The standard InChI is InChI=1S/C9H13N3O2/c1-6-8(14-7(2)11-6)5-12-4-3-10-9(12)13/h3-5H2,1-2H3,(H,10,13). The first-order valence-corrected chi connectivity index (χ1v) is 4.62. The number of amides is 2. The second kappa shape index (κ2) is 3.32. The minimum absolute atomic E-state index is 0.0292. The molecule has 76 valence electrons. The van der Waals surface area contributed by atoms with Crippen LogP contribution in [0, 0.1) is 13.8 Å². The zero-order chi connectivity index (χ0) is 10.1. The van der Waals surface area contributed by atoms with Crippen LogP contribution in [0.4, 0.5) is 4.79 Å². The van der Waals surface area contributed by atoms with Crippen molar-refractivity contribution < 1.29 is 9.21 Å². The van der Waals surface area contributed by atoms with Crippen LogP contribution in [-0.4, -0.2) is 29.0 Å². The molecule has 0 aromatic carbocycles. The molecule has 0 spiro atoms. The maximum atomic E-state index is 11.2. The lowest BCUT2D eigenvalue weighted by atomic mass is 10.3. The molecule has 0 unspecified atom stereocenters. The lowest BCUT2D eigenvalue weighted by Crippen LogP contribution is -2.27. The summed E-state index contributed by atoms with van der Waals surface area (Å²) in [6.45, 7) is 5.65. The Balaban J connectivity index is 2.10. The van der Waals surface area contributed by atoms with Gasteiger partial charge in [0.25, 0.3) is 0 Å². The molecule has 1 aliphatic heterocycles. The van der Waals surface area contributed by atoms with Gasteiger partial charge in [0, 0.05) is 20.0 Å². The Morgan fingerprint density at radius 3 is 2.86 bits per heavy atom. The van der Waals surface area contributed by atoms with E-state index in [1.54, 1.807) is 11.8 Å². The summed E-state index contributed by atoms with van der Waals surface area (Å²) in [4.78, 5) is 17.1. The van der Waals surface area contributed by atoms with E-state index in [0.29, 0.717) is 19.0 Å². The molecule has 0 bridgehead atoms. The highest BCUT2D eigenvalue weighted by Crippen LogP contribution is 2.13. The lowest BCUT2D eigenvalue weighted by molar-refractivity contribution is 0.211. The molecule has 1 fully saturated rings. The van der Waals surface area contributed by atoms with Gasteiger partial charge in [0.2, 0.25) is 0 Å². The third-order valence-electron chi connectivity index (χ3n) is 2.28. The molecule has 0 atom stereocenters. The summed E-state index contributed by atoms with van der Waals surface area (Å²) in [6.07, 6.45) is 0. The smallest absolute Gasteiger partial charge is 0.317 e. The normalized spacial score (nSPS) is 16.1. The molecule has 5 nitrogen and oxygen atoms in total. The molecule has 0 radical (unpaired) electrons. The minimum Gasteiger partial charge on any atom is -0.444 e. The van der Waals surface area contributed by atoms with Crippen molar-refractivity contribution in [3.63, 3.8) is 0 Å². The summed E-state index contributed by atoms with van der Waals surface area (Å²) < 4.78 is 5.39. The molecule has 1 N–H and O–H groups in total. The number of oxazole rings is 1. The van der Waals surface area contributed by atoms with Crippen molar-refractivity contribution in [2.24, 2.45) is 0 Å². The molecule has 1 saturated heterocycles. The number of hydrogen-bond acceptors (Lipinski definition) is 3. The van der Waals surface area contributed by atoms with Gasteiger partial charge in [0.15, 0.2) is 5.89 Å². The van der Waals surface area contributed by atoms with Gasteiger partial charge in [-0.2, -0.15) is 0 Å². The van der Waals surface area contributed by atoms with E-state index in [2.05, 4.69) is 10.3 Å². The fraction of sp³-hybridized carbons (Fsp3) is 0.556. The molecule has 0 saturated carbocycles. The molecule has 1 aromatic heterocycles. The third-order valence-corrected chi connectivity index (χ3v) is 2.28. The highest BCUT2D eigenvalue weighted by molar-refractivity contribution is 5.76. The second-order valence-electron chi connectivity index (χ2n) is 3.39. The summed E-state index contributed by atoms with van der Waals surface area (Å²) >= 11 is 0. The van der Waals surface area contributed by atoms with Crippen LogP contribution in [0.1, 0.15) is 17.3 Å². The lowest BCUT2D eigenvalue weighted by Gasteiger charge is -2.11. The molecular weight excluding hydrogens is 182 g/mol. The zero-order valence-electron chi connectivity index (χ0n) is 8.33. The molecule has 2 amide bonds. The SMILES string of the molecule is Cc1nc(C)c(CN2CCNC2=O)o1. The van der Waals surface area contributed by atoms with Gasteiger partial charge in [0.05, 0.1) is 12.2 Å². The molecule has 5 heteroatoms. The van der Waals surface area contributed by atoms with Crippen molar-refractivity contribution >= 4 is 6.03 Å². The van der Waals surface area contributed by atoms with Gasteiger partial charge in [-0.15, -0.1) is 0 Å². The van der Waals surface area contributed by atoms with Gasteiger partial charge in [-0.1, -0.05) is 0 Å². The number of carbonyl (C=O) groups excluding carboxylic acids is 1. The Hall–Kier alpha value is -1.52. The summed E-state index contributed by atoms with van der Waals surface area (Å²) in [6, 6.07) is -0.0292. The Morgan fingerprint density at radius 1 is 1.57 bits per heavy atom. The molecule has 1 aromatic rings. The number of nitrogens with zero attached hydrogens (tertiary/aromatic N) is 2. The number of rotatable bonds is 2. The fourth-order valence-corrected chi connectivity index (χ4v) is 1.56. The highest BCUT2D eigenvalue weighted by Gasteiger charge is 2.21. The summed E-state index contributed by atoms with van der Waals surface area (Å²) in [7, 11) is 0. The largest absolute Gasteiger partial charge is 0.444 e. The predicted octanol–water partition coefficient (Wildman–Crippen LogP) is 0.817. The number of hydrogen-bond donors (Lipinski definition) is 1. The number of urea groups is 1. The second-order valence-corrected chi connectivity index (χ2v) is 3.39. The minimum atomic E-state index is -0.0292. The van der Waals surface area contributed by atoms with Crippen LogP contribution in [-0.2, 0) is 6.54 Å². The van der Waals surface area contributed by atoms with Crippen LogP contribution in [0.5, 0.6) is 0 Å². The van der Waals surface area contributed by atoms with E-state index in [4.69, 9.17) is 4.42 Å². The van der Waals surface area contributed by atoms with Crippen LogP contribution in [0.2, 0.25) is 0 Å². The monoisotopic (exact) mass is 195 g/mol. The average molecular weight is 195 g/mol. The number of carbonyl (C=O) groups is 1. The highest BCUT2D eigenvalue weighted by atomic mass is 16.4. The van der Waals surface area contributed by atoms with Gasteiger partial charge >= 0.3 is 6.03 Å². The van der Waals surface area contributed by atoms with Crippen molar-refractivity contribution in [2.45, 2.75) is 20.4 Å². The van der Waals surface area contributed by atoms with Gasteiger partial charge < -0.3 is 14.6 Å². The van der Waals surface area contributed by atoms with Crippen LogP contribution >= 0.6 is 0 Å². The van der Waals surface area contributed by atoms with Gasteiger partial charge in [0.1, 0.15) is 5.76 Å². The topological polar surface area (TPSA) is 58.4 Å². The Labute approximate surface area is 82.1 Å². The first kappa shape index (κ1) is 9.05. The van der Waals surface area contributed by atoms with E-state index in [-0.39, 0.29) is 6.03 Å². The van der Waals surface area contributed by atoms with Crippen molar-refractivity contribution in [1.82, 2.24) is 15.2 Å².